The molecule has 0 aliphatic carbocycles. The number of cyclic esters (lactones) is 1. The van der Waals surface area contributed by atoms with Crippen LogP contribution in [0.1, 0.15) is 120 Å². The fraction of sp³-hybridized carbons (Fsp3) is 0.818. The highest BCUT2D eigenvalue weighted by molar-refractivity contribution is 5.95. The second-order valence-corrected chi connectivity index (χ2v) is 13.4. The molecule has 12 heteroatoms. The van der Waals surface area contributed by atoms with Crippen molar-refractivity contribution in [2.75, 3.05) is 6.54 Å². The number of esters is 1. The van der Waals surface area contributed by atoms with Gasteiger partial charge in [-0.05, 0) is 43.9 Å². The summed E-state index contributed by atoms with van der Waals surface area (Å²) in [7, 11) is 0. The summed E-state index contributed by atoms with van der Waals surface area (Å²) in [6, 6.07) is -3.96. The second kappa shape index (κ2) is 20.8. The highest BCUT2D eigenvalue weighted by Crippen LogP contribution is 2.16. The van der Waals surface area contributed by atoms with E-state index in [1.807, 2.05) is 13.8 Å². The van der Waals surface area contributed by atoms with Crippen LogP contribution in [-0.2, 0) is 33.5 Å². The minimum atomic E-state index is -1.02. The van der Waals surface area contributed by atoms with Crippen molar-refractivity contribution in [3.05, 3.63) is 0 Å². The van der Waals surface area contributed by atoms with Crippen molar-refractivity contribution < 1.29 is 33.5 Å². The zero-order valence-electron chi connectivity index (χ0n) is 28.8. The van der Waals surface area contributed by atoms with Crippen molar-refractivity contribution in [2.24, 2.45) is 17.8 Å². The van der Waals surface area contributed by atoms with Gasteiger partial charge in [0.05, 0.1) is 13.0 Å². The van der Waals surface area contributed by atoms with Crippen LogP contribution >= 0.6 is 0 Å². The number of unbranched alkanes of at least 4 members (excludes halogenated alkanes) is 6. The van der Waals surface area contributed by atoms with Crippen molar-refractivity contribution in [3.63, 3.8) is 0 Å². The van der Waals surface area contributed by atoms with Gasteiger partial charge in [-0.3, -0.25) is 24.0 Å². The summed E-state index contributed by atoms with van der Waals surface area (Å²) in [5.41, 5.74) is 0. The molecule has 0 aromatic carbocycles. The number of carbonyl (C=O) groups is 6. The molecule has 5 amide bonds. The topological polar surface area (TPSA) is 172 Å². The number of hydrogen-bond donors (Lipinski definition) is 5. The summed E-state index contributed by atoms with van der Waals surface area (Å²) >= 11 is 0. The van der Waals surface area contributed by atoms with E-state index in [0.717, 1.165) is 32.1 Å². The van der Waals surface area contributed by atoms with Crippen LogP contribution in [0.3, 0.4) is 0 Å². The van der Waals surface area contributed by atoms with Crippen LogP contribution < -0.4 is 26.6 Å². The summed E-state index contributed by atoms with van der Waals surface area (Å²) < 4.78 is 5.80. The van der Waals surface area contributed by atoms with Crippen molar-refractivity contribution >= 4 is 35.5 Å². The molecule has 1 fully saturated rings. The molecule has 45 heavy (non-hydrogen) atoms. The molecular formula is C33H59N5O7. The van der Waals surface area contributed by atoms with Gasteiger partial charge in [0.25, 0.3) is 0 Å². The van der Waals surface area contributed by atoms with Crippen LogP contribution in [0.4, 0.5) is 0 Å². The van der Waals surface area contributed by atoms with E-state index in [0.29, 0.717) is 12.8 Å². The number of amides is 5. The van der Waals surface area contributed by atoms with Crippen LogP contribution in [0.15, 0.2) is 0 Å². The van der Waals surface area contributed by atoms with Crippen molar-refractivity contribution in [1.82, 2.24) is 26.6 Å². The molecule has 0 unspecified atom stereocenters. The maximum Gasteiger partial charge on any atom is 0.329 e. The van der Waals surface area contributed by atoms with Gasteiger partial charge < -0.3 is 31.3 Å². The lowest BCUT2D eigenvalue weighted by atomic mass is 9.99. The fourth-order valence-electron chi connectivity index (χ4n) is 5.11. The average molecular weight is 638 g/mol. The molecular weight excluding hydrogens is 578 g/mol. The largest absolute Gasteiger partial charge is 0.460 e. The van der Waals surface area contributed by atoms with Crippen LogP contribution in [0, 0.1) is 17.8 Å². The van der Waals surface area contributed by atoms with Crippen molar-refractivity contribution in [3.8, 4) is 0 Å². The lowest BCUT2D eigenvalue weighted by molar-refractivity contribution is -0.156. The average Bonchev–Trinajstić information content (AvgIpc) is 2.95. The number of hydrogen-bond acceptors (Lipinski definition) is 7. The summed E-state index contributed by atoms with van der Waals surface area (Å²) in [6.07, 6.45) is 7.23. The molecule has 1 saturated heterocycles. The molecule has 0 aromatic rings. The predicted octanol–water partition coefficient (Wildman–Crippen LogP) is 2.88. The third-order valence-corrected chi connectivity index (χ3v) is 7.85. The van der Waals surface area contributed by atoms with Crippen molar-refractivity contribution in [1.29, 1.82) is 0 Å². The lowest BCUT2D eigenvalue weighted by Gasteiger charge is -2.27. The molecule has 0 bridgehead atoms. The summed E-state index contributed by atoms with van der Waals surface area (Å²) in [5, 5.41) is 13.3. The maximum atomic E-state index is 13.3. The normalized spacial score (nSPS) is 25.0. The molecule has 0 aromatic heterocycles. The number of carbonyl (C=O) groups excluding carboxylic acids is 6. The Bertz CT molecular complexity index is 984. The molecule has 1 aliphatic rings. The summed E-state index contributed by atoms with van der Waals surface area (Å²) in [6.45, 7) is 14.1. The Balaban J connectivity index is 3.25. The Morgan fingerprint density at radius 1 is 0.689 bits per heavy atom. The highest BCUT2D eigenvalue weighted by Gasteiger charge is 2.33. The SMILES string of the molecule is CCCCCCCCC[C@@H]1CC(=O)NCC(=O)N[C@H](C(C)C)C(=O)N[C@H](CC(C)C)C(=O)N[C@H](C)C(=O)N[C@H](C(C)C)C(=O)O1. The van der Waals surface area contributed by atoms with Gasteiger partial charge in [0.15, 0.2) is 0 Å². The van der Waals surface area contributed by atoms with E-state index in [4.69, 9.17) is 4.74 Å². The van der Waals surface area contributed by atoms with Gasteiger partial charge in [0, 0.05) is 0 Å². The Labute approximate surface area is 269 Å². The van der Waals surface area contributed by atoms with Crippen LogP contribution in [0.25, 0.3) is 0 Å². The van der Waals surface area contributed by atoms with Crippen molar-refractivity contribution in [2.45, 2.75) is 150 Å². The molecule has 1 rings (SSSR count). The van der Waals surface area contributed by atoms with Gasteiger partial charge >= 0.3 is 5.97 Å². The first kappa shape index (κ1) is 39.8. The first-order chi connectivity index (χ1) is 21.2. The minimum Gasteiger partial charge on any atom is -0.460 e. The quantitative estimate of drug-likeness (QED) is 0.162. The molecule has 258 valence electrons. The number of rotatable bonds is 12. The zero-order chi connectivity index (χ0) is 34.1. The maximum absolute atomic E-state index is 13.3. The van der Waals surface area contributed by atoms with E-state index < -0.39 is 65.8 Å². The van der Waals surface area contributed by atoms with Crippen LogP contribution in [0.2, 0.25) is 0 Å². The molecule has 5 atom stereocenters. The molecule has 5 N–H and O–H groups in total. The van der Waals surface area contributed by atoms with E-state index in [1.165, 1.54) is 19.8 Å². The van der Waals surface area contributed by atoms with E-state index in [1.54, 1.807) is 27.7 Å². The Kier molecular flexibility index (Phi) is 18.4. The molecule has 0 spiro atoms. The highest BCUT2D eigenvalue weighted by atomic mass is 16.5. The molecule has 12 nitrogen and oxygen atoms in total. The molecule has 1 heterocycles. The fourth-order valence-corrected chi connectivity index (χ4v) is 5.11. The molecule has 0 radical (unpaired) electrons. The smallest absolute Gasteiger partial charge is 0.329 e. The predicted molar refractivity (Wildman–Crippen MR) is 173 cm³/mol. The first-order valence-electron chi connectivity index (χ1n) is 16.8. The third kappa shape index (κ3) is 15.6. The van der Waals surface area contributed by atoms with E-state index in [9.17, 15) is 28.8 Å². The third-order valence-electron chi connectivity index (χ3n) is 7.85. The van der Waals surface area contributed by atoms with Crippen LogP contribution in [0.5, 0.6) is 0 Å². The van der Waals surface area contributed by atoms with Gasteiger partial charge in [-0.1, -0.05) is 87.0 Å². The van der Waals surface area contributed by atoms with Gasteiger partial charge in [-0.15, -0.1) is 0 Å². The van der Waals surface area contributed by atoms with Gasteiger partial charge in [0.1, 0.15) is 30.3 Å². The first-order valence-corrected chi connectivity index (χ1v) is 16.8. The second-order valence-electron chi connectivity index (χ2n) is 13.4. The Hall–Kier alpha value is -3.18. The number of ether oxygens (including phenoxy) is 1. The standard InChI is InChI=1S/C33H59N5O7/c1-9-10-11-12-13-14-15-16-24-18-26(39)34-19-27(40)37-28(21(4)5)32(43)36-25(17-20(2)3)31(42)35-23(8)30(41)38-29(22(6)7)33(44)45-24/h20-25,28-29H,9-19H2,1-8H3,(H,34,39)(H,35,42)(H,36,43)(H,37,40)(H,38,41)/t23-,24-,25-,28-,29-/m1/s1. The lowest BCUT2D eigenvalue weighted by Crippen LogP contribution is -2.58. The molecule has 1 aliphatic heterocycles. The zero-order valence-corrected chi connectivity index (χ0v) is 28.8. The monoisotopic (exact) mass is 637 g/mol. The van der Waals surface area contributed by atoms with E-state index in [-0.39, 0.29) is 30.7 Å². The number of nitrogens with one attached hydrogen (secondary N) is 5. The van der Waals surface area contributed by atoms with E-state index in [2.05, 4.69) is 33.5 Å². The van der Waals surface area contributed by atoms with E-state index >= 15 is 0 Å². The summed E-state index contributed by atoms with van der Waals surface area (Å²) in [5.74, 6) is -4.02. The van der Waals surface area contributed by atoms with Gasteiger partial charge in [0.2, 0.25) is 29.5 Å². The van der Waals surface area contributed by atoms with Crippen LogP contribution in [-0.4, -0.2) is 72.3 Å². The minimum absolute atomic E-state index is 0.0307. The summed E-state index contributed by atoms with van der Waals surface area (Å²) in [4.78, 5) is 78.7. The van der Waals surface area contributed by atoms with Gasteiger partial charge in [-0.25, -0.2) is 4.79 Å². The Morgan fingerprint density at radius 2 is 1.29 bits per heavy atom. The molecule has 0 saturated carbocycles. The Morgan fingerprint density at radius 3 is 1.87 bits per heavy atom. The van der Waals surface area contributed by atoms with Gasteiger partial charge in [-0.2, -0.15) is 0 Å².